The van der Waals surface area contributed by atoms with Crippen molar-refractivity contribution in [1.29, 1.82) is 0 Å². The summed E-state index contributed by atoms with van der Waals surface area (Å²) in [7, 11) is 0. The Morgan fingerprint density at radius 2 is 1.96 bits per heavy atom. The zero-order chi connectivity index (χ0) is 19.7. The number of aromatic nitrogens is 2. The van der Waals surface area contributed by atoms with Gasteiger partial charge in [0.1, 0.15) is 5.82 Å². The lowest BCUT2D eigenvalue weighted by molar-refractivity contribution is -0.128. The molecule has 0 N–H and O–H groups in total. The van der Waals surface area contributed by atoms with E-state index in [1.807, 2.05) is 24.3 Å². The number of aryl methyl sites for hydroxylation is 1. The van der Waals surface area contributed by atoms with Gasteiger partial charge in [-0.2, -0.15) is 4.98 Å². The van der Waals surface area contributed by atoms with Crippen LogP contribution in [0.3, 0.4) is 0 Å². The average molecular weight is 400 g/mol. The predicted molar refractivity (Wildman–Crippen MR) is 103 cm³/mol. The number of amides is 1. The maximum Gasteiger partial charge on any atom is 0.257 e. The molecule has 1 unspecified atom stereocenters. The lowest BCUT2D eigenvalue weighted by Crippen LogP contribution is -2.24. The van der Waals surface area contributed by atoms with E-state index in [0.717, 1.165) is 17.5 Å². The maximum atomic E-state index is 13.3. The van der Waals surface area contributed by atoms with Gasteiger partial charge in [-0.15, -0.1) is 0 Å². The van der Waals surface area contributed by atoms with Crippen LogP contribution in [-0.2, 0) is 17.8 Å². The molecule has 0 aliphatic carbocycles. The fourth-order valence-electron chi connectivity index (χ4n) is 3.36. The summed E-state index contributed by atoms with van der Waals surface area (Å²) < 4.78 is 18.7. The summed E-state index contributed by atoms with van der Waals surface area (Å²) in [5.74, 6) is 0.388. The number of carbonyl (C=O) groups excluding carboxylic acids is 1. The van der Waals surface area contributed by atoms with E-state index in [1.54, 1.807) is 17.0 Å². The number of likely N-dealkylation sites (tertiary alicyclic amines) is 1. The van der Waals surface area contributed by atoms with Crippen LogP contribution in [0.4, 0.5) is 4.39 Å². The molecule has 2 aromatic carbocycles. The first kappa shape index (κ1) is 18.6. The number of hydrogen-bond donors (Lipinski definition) is 0. The van der Waals surface area contributed by atoms with Crippen LogP contribution < -0.4 is 0 Å². The molecule has 5 nitrogen and oxygen atoms in total. The third-order valence-corrected chi connectivity index (χ3v) is 5.28. The molecule has 144 valence electrons. The zero-order valence-corrected chi connectivity index (χ0v) is 16.1. The van der Waals surface area contributed by atoms with Gasteiger partial charge < -0.3 is 9.42 Å². The Bertz CT molecular complexity index is 1000. The van der Waals surface area contributed by atoms with Crippen LogP contribution in [-0.4, -0.2) is 27.5 Å². The van der Waals surface area contributed by atoms with Crippen LogP contribution in [0.2, 0.25) is 5.02 Å². The number of nitrogens with zero attached hydrogens (tertiary/aromatic N) is 3. The Morgan fingerprint density at radius 1 is 1.21 bits per heavy atom. The Morgan fingerprint density at radius 3 is 2.68 bits per heavy atom. The second-order valence-corrected chi connectivity index (χ2v) is 7.34. The van der Waals surface area contributed by atoms with Gasteiger partial charge in [0.05, 0.1) is 5.02 Å². The fourth-order valence-corrected chi connectivity index (χ4v) is 3.56. The van der Waals surface area contributed by atoms with Crippen LogP contribution >= 0.6 is 11.6 Å². The van der Waals surface area contributed by atoms with Crippen molar-refractivity contribution in [3.63, 3.8) is 0 Å². The third-order valence-electron chi connectivity index (χ3n) is 4.99. The number of benzene rings is 2. The van der Waals surface area contributed by atoms with Gasteiger partial charge in [-0.3, -0.25) is 4.79 Å². The Kier molecular flexibility index (Phi) is 5.13. The van der Waals surface area contributed by atoms with Gasteiger partial charge in [0, 0.05) is 31.0 Å². The van der Waals surface area contributed by atoms with Crippen LogP contribution in [0.1, 0.15) is 36.2 Å². The summed E-state index contributed by atoms with van der Waals surface area (Å²) in [4.78, 5) is 18.6. The normalized spacial score (nSPS) is 16.8. The molecule has 1 amide bonds. The van der Waals surface area contributed by atoms with Crippen molar-refractivity contribution < 1.29 is 13.7 Å². The topological polar surface area (TPSA) is 59.2 Å². The molecule has 1 saturated heterocycles. The molecule has 1 atom stereocenters. The molecule has 0 saturated carbocycles. The highest BCUT2D eigenvalue weighted by atomic mass is 35.5. The van der Waals surface area contributed by atoms with Crippen LogP contribution in [0.25, 0.3) is 11.5 Å². The summed E-state index contributed by atoms with van der Waals surface area (Å²) in [6.45, 7) is 2.96. The Balaban J connectivity index is 1.46. The first-order valence-electron chi connectivity index (χ1n) is 9.18. The molecule has 4 rings (SSSR count). The van der Waals surface area contributed by atoms with E-state index in [1.165, 1.54) is 11.6 Å². The maximum absolute atomic E-state index is 13.3. The van der Waals surface area contributed by atoms with E-state index < -0.39 is 5.82 Å². The molecule has 3 aromatic rings. The highest BCUT2D eigenvalue weighted by Gasteiger charge is 2.33. The standard InChI is InChI=1S/C21H19ClFN3O2/c1-2-13-3-6-15(7-4-13)21-24-20(25-28-21)16-10-19(27)26(12-16)11-14-5-8-18(23)17(22)9-14/h3-9,16H,2,10-12H2,1H3. The van der Waals surface area contributed by atoms with Gasteiger partial charge in [0.25, 0.3) is 5.89 Å². The third kappa shape index (κ3) is 3.78. The molecular formula is C21H19ClFN3O2. The minimum absolute atomic E-state index is 0.00379. The number of carbonyl (C=O) groups is 1. The van der Waals surface area contributed by atoms with Crippen LogP contribution in [0.15, 0.2) is 47.0 Å². The van der Waals surface area contributed by atoms with E-state index in [2.05, 4.69) is 17.1 Å². The van der Waals surface area contributed by atoms with E-state index in [-0.39, 0.29) is 16.8 Å². The van der Waals surface area contributed by atoms with E-state index in [9.17, 15) is 9.18 Å². The summed E-state index contributed by atoms with van der Waals surface area (Å²) in [5.41, 5.74) is 2.88. The summed E-state index contributed by atoms with van der Waals surface area (Å²) >= 11 is 5.83. The molecule has 7 heteroatoms. The van der Waals surface area contributed by atoms with Crippen LogP contribution in [0.5, 0.6) is 0 Å². The zero-order valence-electron chi connectivity index (χ0n) is 15.4. The van der Waals surface area contributed by atoms with E-state index >= 15 is 0 Å². The first-order valence-corrected chi connectivity index (χ1v) is 9.56. The summed E-state index contributed by atoms with van der Waals surface area (Å²) in [6.07, 6.45) is 1.29. The first-order chi connectivity index (χ1) is 13.5. The molecule has 1 aliphatic heterocycles. The monoisotopic (exact) mass is 399 g/mol. The van der Waals surface area contributed by atoms with Gasteiger partial charge in [0.15, 0.2) is 5.82 Å². The van der Waals surface area contributed by atoms with Crippen molar-refractivity contribution in [2.75, 3.05) is 6.54 Å². The minimum atomic E-state index is -0.470. The lowest BCUT2D eigenvalue weighted by Gasteiger charge is -2.16. The molecule has 1 aliphatic rings. The van der Waals surface area contributed by atoms with Crippen LogP contribution in [0, 0.1) is 5.82 Å². The van der Waals surface area contributed by atoms with Crippen molar-refractivity contribution in [2.45, 2.75) is 32.2 Å². The second kappa shape index (κ2) is 7.72. The highest BCUT2D eigenvalue weighted by molar-refractivity contribution is 6.30. The molecule has 1 fully saturated rings. The molecular weight excluding hydrogens is 381 g/mol. The highest BCUT2D eigenvalue weighted by Crippen LogP contribution is 2.29. The smallest absolute Gasteiger partial charge is 0.257 e. The van der Waals surface area contributed by atoms with E-state index in [4.69, 9.17) is 16.1 Å². The molecule has 0 bridgehead atoms. The SMILES string of the molecule is CCc1ccc(-c2nc(C3CC(=O)N(Cc4ccc(F)c(Cl)c4)C3)no2)cc1. The molecule has 1 aromatic heterocycles. The van der Waals surface area contributed by atoms with Gasteiger partial charge >= 0.3 is 0 Å². The number of hydrogen-bond acceptors (Lipinski definition) is 4. The lowest BCUT2D eigenvalue weighted by atomic mass is 10.1. The van der Waals surface area contributed by atoms with Crippen molar-refractivity contribution in [3.05, 3.63) is 70.3 Å². The van der Waals surface area contributed by atoms with Crippen molar-refractivity contribution >= 4 is 17.5 Å². The second-order valence-electron chi connectivity index (χ2n) is 6.93. The fraction of sp³-hybridized carbons (Fsp3) is 0.286. The Labute approximate surface area is 167 Å². The summed E-state index contributed by atoms with van der Waals surface area (Å²) in [6, 6.07) is 12.5. The number of rotatable bonds is 5. The Hall–Kier alpha value is -2.73. The molecule has 28 heavy (non-hydrogen) atoms. The van der Waals surface area contributed by atoms with Gasteiger partial charge in [-0.05, 0) is 41.8 Å². The average Bonchev–Trinajstić information content (AvgIpc) is 3.32. The molecule has 0 radical (unpaired) electrons. The summed E-state index contributed by atoms with van der Waals surface area (Å²) in [5, 5.41) is 4.14. The van der Waals surface area contributed by atoms with Gasteiger partial charge in [0.2, 0.25) is 5.91 Å². The van der Waals surface area contributed by atoms with Crippen molar-refractivity contribution in [1.82, 2.24) is 15.0 Å². The van der Waals surface area contributed by atoms with Gasteiger partial charge in [-0.1, -0.05) is 41.9 Å². The largest absolute Gasteiger partial charge is 0.338 e. The quantitative estimate of drug-likeness (QED) is 0.628. The predicted octanol–water partition coefficient (Wildman–Crippen LogP) is 4.61. The van der Waals surface area contributed by atoms with E-state index in [0.29, 0.717) is 31.2 Å². The number of halogens is 2. The minimum Gasteiger partial charge on any atom is -0.338 e. The molecule has 2 heterocycles. The molecule has 0 spiro atoms. The van der Waals surface area contributed by atoms with Crippen molar-refractivity contribution in [3.8, 4) is 11.5 Å². The van der Waals surface area contributed by atoms with Crippen molar-refractivity contribution in [2.24, 2.45) is 0 Å². The van der Waals surface area contributed by atoms with Gasteiger partial charge in [-0.25, -0.2) is 4.39 Å².